The van der Waals surface area contributed by atoms with E-state index in [1.54, 1.807) is 18.3 Å². The van der Waals surface area contributed by atoms with E-state index < -0.39 is 0 Å². The molecule has 1 aliphatic heterocycles. The van der Waals surface area contributed by atoms with Crippen LogP contribution in [0.5, 0.6) is 11.5 Å². The highest BCUT2D eigenvalue weighted by Gasteiger charge is 2.22. The summed E-state index contributed by atoms with van der Waals surface area (Å²) in [7, 11) is 0. The maximum Gasteiger partial charge on any atom is 0.174 e. The monoisotopic (exact) mass is 456 g/mol. The Labute approximate surface area is 192 Å². The molecule has 3 heterocycles. The number of fused-ring (bicyclic) bond motifs is 1. The van der Waals surface area contributed by atoms with E-state index in [2.05, 4.69) is 40.5 Å². The van der Waals surface area contributed by atoms with Gasteiger partial charge in [0.1, 0.15) is 5.52 Å². The van der Waals surface area contributed by atoms with Gasteiger partial charge in [-0.05, 0) is 42.2 Å². The van der Waals surface area contributed by atoms with Crippen molar-refractivity contribution in [2.45, 2.75) is 50.2 Å². The predicted molar refractivity (Wildman–Crippen MR) is 130 cm³/mol. The van der Waals surface area contributed by atoms with Crippen LogP contribution in [0.2, 0.25) is 0 Å². The molecular weight excluding hydrogens is 424 g/mol. The van der Waals surface area contributed by atoms with E-state index in [1.807, 2.05) is 6.07 Å². The number of nitrogen functional groups attached to an aromatic ring is 1. The molecule has 0 aliphatic carbocycles. The molecule has 32 heavy (non-hydrogen) atoms. The van der Waals surface area contributed by atoms with Gasteiger partial charge >= 0.3 is 0 Å². The topological polar surface area (TPSA) is 112 Å². The molecule has 9 heteroatoms. The van der Waals surface area contributed by atoms with Crippen molar-refractivity contribution in [1.82, 2.24) is 19.9 Å². The minimum Gasteiger partial charge on any atom is -0.504 e. The number of aromatic nitrogens is 3. The number of nitrogens with two attached hydrogens (primary N) is 1. The SMILES string of the molecule is CC(C)(C)CNCCn1c(Sc2cc(O)c(O)cc2N2CCCC2)nc2c(N)nccc21. The second kappa shape index (κ2) is 9.07. The summed E-state index contributed by atoms with van der Waals surface area (Å²) >= 11 is 1.48. The van der Waals surface area contributed by atoms with E-state index in [-0.39, 0.29) is 16.9 Å². The van der Waals surface area contributed by atoms with E-state index in [1.165, 1.54) is 11.8 Å². The Hall–Kier alpha value is -2.65. The van der Waals surface area contributed by atoms with Gasteiger partial charge in [0, 0.05) is 49.9 Å². The van der Waals surface area contributed by atoms with Crippen LogP contribution in [0.4, 0.5) is 11.5 Å². The molecule has 0 saturated carbocycles. The highest BCUT2D eigenvalue weighted by Crippen LogP contribution is 2.43. The summed E-state index contributed by atoms with van der Waals surface area (Å²) in [5, 5.41) is 24.6. The normalized spacial score (nSPS) is 14.5. The number of nitrogens with one attached hydrogen (secondary N) is 1. The molecule has 1 saturated heterocycles. The Morgan fingerprint density at radius 1 is 1.16 bits per heavy atom. The fourth-order valence-corrected chi connectivity index (χ4v) is 5.03. The summed E-state index contributed by atoms with van der Waals surface area (Å²) in [5.41, 5.74) is 8.86. The fraction of sp³-hybridized carbons (Fsp3) is 0.478. The number of aromatic hydroxyl groups is 2. The smallest absolute Gasteiger partial charge is 0.174 e. The second-order valence-electron chi connectivity index (χ2n) is 9.45. The maximum absolute atomic E-state index is 10.2. The van der Waals surface area contributed by atoms with Crippen LogP contribution < -0.4 is 16.0 Å². The van der Waals surface area contributed by atoms with E-state index in [0.717, 1.165) is 66.8 Å². The summed E-state index contributed by atoms with van der Waals surface area (Å²) in [6, 6.07) is 5.20. The van der Waals surface area contributed by atoms with Crippen molar-refractivity contribution in [3.05, 3.63) is 24.4 Å². The van der Waals surface area contributed by atoms with Crippen LogP contribution in [0, 0.1) is 5.41 Å². The van der Waals surface area contributed by atoms with Crippen molar-refractivity contribution in [2.75, 3.05) is 36.8 Å². The minimum atomic E-state index is -0.133. The van der Waals surface area contributed by atoms with Gasteiger partial charge in [0.25, 0.3) is 0 Å². The van der Waals surface area contributed by atoms with E-state index in [9.17, 15) is 10.2 Å². The first kappa shape index (κ1) is 22.5. The Morgan fingerprint density at radius 2 is 1.88 bits per heavy atom. The summed E-state index contributed by atoms with van der Waals surface area (Å²) in [5.74, 6) is 0.162. The number of imidazole rings is 1. The maximum atomic E-state index is 10.2. The van der Waals surface area contributed by atoms with Crippen molar-refractivity contribution in [1.29, 1.82) is 0 Å². The van der Waals surface area contributed by atoms with Crippen LogP contribution in [-0.4, -0.2) is 50.9 Å². The number of phenols is 2. The quantitative estimate of drug-likeness (QED) is 0.314. The van der Waals surface area contributed by atoms with Crippen LogP contribution in [0.3, 0.4) is 0 Å². The Morgan fingerprint density at radius 3 is 2.59 bits per heavy atom. The first-order chi connectivity index (χ1) is 15.2. The van der Waals surface area contributed by atoms with Crippen LogP contribution in [-0.2, 0) is 6.54 Å². The minimum absolute atomic E-state index is 0.107. The van der Waals surface area contributed by atoms with Gasteiger partial charge in [0.2, 0.25) is 0 Å². The van der Waals surface area contributed by atoms with Gasteiger partial charge in [-0.15, -0.1) is 0 Å². The molecule has 5 N–H and O–H groups in total. The second-order valence-corrected chi connectivity index (χ2v) is 10.5. The average molecular weight is 457 g/mol. The van der Waals surface area contributed by atoms with Gasteiger partial charge in [-0.1, -0.05) is 20.8 Å². The number of nitrogens with zero attached hydrogens (tertiary/aromatic N) is 4. The number of rotatable bonds is 7. The summed E-state index contributed by atoms with van der Waals surface area (Å²) < 4.78 is 2.14. The Balaban J connectivity index is 1.68. The zero-order chi connectivity index (χ0) is 22.9. The third-order valence-electron chi connectivity index (χ3n) is 5.53. The predicted octanol–water partition coefficient (Wildman–Crippen LogP) is 3.81. The molecule has 0 bridgehead atoms. The number of pyridine rings is 1. The van der Waals surface area contributed by atoms with E-state index in [0.29, 0.717) is 11.3 Å². The number of anilines is 2. The molecule has 4 rings (SSSR count). The Kier molecular flexibility index (Phi) is 6.39. The molecule has 2 aromatic heterocycles. The molecule has 1 fully saturated rings. The molecule has 0 amide bonds. The molecule has 8 nitrogen and oxygen atoms in total. The van der Waals surface area contributed by atoms with Crippen molar-refractivity contribution >= 4 is 34.3 Å². The number of hydrogen-bond acceptors (Lipinski definition) is 8. The zero-order valence-corrected chi connectivity index (χ0v) is 19.7. The summed E-state index contributed by atoms with van der Waals surface area (Å²) in [6.07, 6.45) is 3.94. The molecule has 1 aliphatic rings. The van der Waals surface area contributed by atoms with Crippen LogP contribution in [0.1, 0.15) is 33.6 Å². The zero-order valence-electron chi connectivity index (χ0n) is 18.9. The molecule has 1 aromatic carbocycles. The average Bonchev–Trinajstić information content (AvgIpc) is 3.36. The van der Waals surface area contributed by atoms with Crippen molar-refractivity contribution in [3.63, 3.8) is 0 Å². The highest BCUT2D eigenvalue weighted by molar-refractivity contribution is 7.99. The van der Waals surface area contributed by atoms with Gasteiger partial charge < -0.3 is 30.7 Å². The lowest BCUT2D eigenvalue weighted by Gasteiger charge is -2.22. The first-order valence-electron chi connectivity index (χ1n) is 11.0. The van der Waals surface area contributed by atoms with Gasteiger partial charge in [-0.3, -0.25) is 0 Å². The summed E-state index contributed by atoms with van der Waals surface area (Å²) in [4.78, 5) is 12.1. The van der Waals surface area contributed by atoms with Gasteiger partial charge in [0.05, 0.1) is 11.2 Å². The lowest BCUT2D eigenvalue weighted by Crippen LogP contribution is -2.29. The first-order valence-corrected chi connectivity index (χ1v) is 11.8. The Bertz CT molecular complexity index is 1100. The lowest BCUT2D eigenvalue weighted by atomic mass is 9.97. The summed E-state index contributed by atoms with van der Waals surface area (Å²) in [6.45, 7) is 10.9. The molecular formula is C23H32N6O2S. The number of hydrogen-bond donors (Lipinski definition) is 4. The van der Waals surface area contributed by atoms with Gasteiger partial charge in [-0.2, -0.15) is 0 Å². The van der Waals surface area contributed by atoms with Crippen LogP contribution in [0.25, 0.3) is 11.0 Å². The van der Waals surface area contributed by atoms with Crippen molar-refractivity contribution in [2.24, 2.45) is 5.41 Å². The molecule has 172 valence electrons. The van der Waals surface area contributed by atoms with Gasteiger partial charge in [-0.25, -0.2) is 9.97 Å². The van der Waals surface area contributed by atoms with Crippen molar-refractivity contribution in [3.8, 4) is 11.5 Å². The van der Waals surface area contributed by atoms with Crippen LogP contribution >= 0.6 is 11.8 Å². The van der Waals surface area contributed by atoms with Crippen molar-refractivity contribution < 1.29 is 10.2 Å². The highest BCUT2D eigenvalue weighted by atomic mass is 32.2. The largest absolute Gasteiger partial charge is 0.504 e. The van der Waals surface area contributed by atoms with Crippen LogP contribution in [0.15, 0.2) is 34.4 Å². The molecule has 3 aromatic rings. The molecule has 0 radical (unpaired) electrons. The van der Waals surface area contributed by atoms with E-state index in [4.69, 9.17) is 10.7 Å². The number of benzene rings is 1. The lowest BCUT2D eigenvalue weighted by molar-refractivity contribution is 0.375. The molecule has 0 unspecified atom stereocenters. The molecule has 0 spiro atoms. The number of phenolic OH excluding ortho intramolecular Hbond substituents is 2. The third-order valence-corrected chi connectivity index (χ3v) is 6.57. The van der Waals surface area contributed by atoms with Gasteiger partial charge in [0.15, 0.2) is 22.5 Å². The standard InChI is InChI=1S/C23H32N6O2S/c1-23(2,3)14-25-8-11-29-15-6-7-26-21(24)20(15)27-22(29)32-19-13-18(31)17(30)12-16(19)28-9-4-5-10-28/h6-7,12-13,25,30-31H,4-5,8-11,14H2,1-3H3,(H2,24,26). The third kappa shape index (κ3) is 4.88. The molecule has 0 atom stereocenters. The fourth-order valence-electron chi connectivity index (χ4n) is 3.93. The van der Waals surface area contributed by atoms with E-state index >= 15 is 0 Å².